The molecule has 40 heavy (non-hydrogen) atoms. The summed E-state index contributed by atoms with van der Waals surface area (Å²) in [5.74, 6) is -0.607. The summed E-state index contributed by atoms with van der Waals surface area (Å²) >= 11 is 0. The minimum Gasteiger partial charge on any atom is -0.344 e. The Kier molecular flexibility index (Phi) is 9.02. The maximum atomic E-state index is 13.6. The number of aryl methyl sites for hydroxylation is 1. The van der Waals surface area contributed by atoms with Gasteiger partial charge in [-0.25, -0.2) is 13.1 Å². The number of hydrogen-bond donors (Lipinski definition) is 3. The van der Waals surface area contributed by atoms with Gasteiger partial charge in [0.15, 0.2) is 0 Å². The number of carbonyl (C=O) groups excluding carboxylic acids is 2. The van der Waals surface area contributed by atoms with E-state index < -0.39 is 21.6 Å². The summed E-state index contributed by atoms with van der Waals surface area (Å²) in [5, 5.41) is 6.92. The third-order valence-electron chi connectivity index (χ3n) is 6.29. The van der Waals surface area contributed by atoms with Gasteiger partial charge in [-0.3, -0.25) is 9.59 Å². The van der Waals surface area contributed by atoms with Crippen LogP contribution in [-0.2, 0) is 32.5 Å². The van der Waals surface area contributed by atoms with Gasteiger partial charge in [0.25, 0.3) is 0 Å². The highest BCUT2D eigenvalue weighted by Crippen LogP contribution is 2.29. The van der Waals surface area contributed by atoms with Crippen LogP contribution in [-0.4, -0.2) is 31.8 Å². The molecule has 0 aliphatic rings. The number of amides is 2. The van der Waals surface area contributed by atoms with Crippen LogP contribution in [0.2, 0.25) is 0 Å². The molecule has 8 heteroatoms. The number of rotatable bonds is 10. The molecule has 208 valence electrons. The molecule has 0 aliphatic heterocycles. The quantitative estimate of drug-likeness (QED) is 0.249. The summed E-state index contributed by atoms with van der Waals surface area (Å²) < 4.78 is 29.0. The number of carbonyl (C=O) groups is 2. The van der Waals surface area contributed by atoms with E-state index >= 15 is 0 Å². The second-order valence-electron chi connectivity index (χ2n) is 10.8. The standard InChI is InChI=1S/C32H35N3O4S/c1-32(2,3)35-40(38,39)29-19-11-16-25-26(29)17-10-18-27(25)34-31(37)28(22-24-14-8-5-9-15-24)33-30(36)21-20-23-12-6-4-7-13-23/h4-19,28,35H,20-22H2,1-3H3,(H,33,36)(H,34,37). The van der Waals surface area contributed by atoms with Crippen LogP contribution >= 0.6 is 0 Å². The summed E-state index contributed by atoms with van der Waals surface area (Å²) in [6, 6.07) is 28.5. The predicted molar refractivity (Wildman–Crippen MR) is 159 cm³/mol. The molecule has 0 fully saturated rings. The van der Waals surface area contributed by atoms with E-state index in [0.29, 0.717) is 29.3 Å². The fourth-order valence-electron chi connectivity index (χ4n) is 4.53. The summed E-state index contributed by atoms with van der Waals surface area (Å²) in [4.78, 5) is 26.6. The Labute approximate surface area is 236 Å². The number of anilines is 1. The van der Waals surface area contributed by atoms with Gasteiger partial charge in [0.1, 0.15) is 6.04 Å². The van der Waals surface area contributed by atoms with Gasteiger partial charge in [-0.2, -0.15) is 0 Å². The number of hydrogen-bond acceptors (Lipinski definition) is 4. The van der Waals surface area contributed by atoms with E-state index in [2.05, 4.69) is 15.4 Å². The van der Waals surface area contributed by atoms with Crippen LogP contribution < -0.4 is 15.4 Å². The maximum absolute atomic E-state index is 13.6. The predicted octanol–water partition coefficient (Wildman–Crippen LogP) is 5.22. The lowest BCUT2D eigenvalue weighted by Crippen LogP contribution is -2.45. The van der Waals surface area contributed by atoms with Gasteiger partial charge in [0.2, 0.25) is 21.8 Å². The second-order valence-corrected chi connectivity index (χ2v) is 12.4. The molecule has 0 aromatic heterocycles. The number of sulfonamides is 1. The van der Waals surface area contributed by atoms with Crippen LogP contribution in [0, 0.1) is 0 Å². The normalized spacial score (nSPS) is 12.6. The Morgan fingerprint density at radius 3 is 2.00 bits per heavy atom. The Morgan fingerprint density at radius 1 is 0.750 bits per heavy atom. The molecule has 0 spiro atoms. The van der Waals surface area contributed by atoms with Gasteiger partial charge in [-0.05, 0) is 50.5 Å². The van der Waals surface area contributed by atoms with Crippen molar-refractivity contribution >= 4 is 38.3 Å². The number of nitrogens with one attached hydrogen (secondary N) is 3. The first kappa shape index (κ1) is 29.0. The monoisotopic (exact) mass is 557 g/mol. The third kappa shape index (κ3) is 7.77. The van der Waals surface area contributed by atoms with Crippen molar-refractivity contribution in [2.45, 2.75) is 56.5 Å². The van der Waals surface area contributed by atoms with E-state index in [4.69, 9.17) is 0 Å². The molecule has 0 heterocycles. The number of benzene rings is 4. The molecule has 4 aromatic rings. The molecule has 0 aliphatic carbocycles. The molecule has 0 saturated carbocycles. The molecule has 4 aromatic carbocycles. The molecule has 3 N–H and O–H groups in total. The van der Waals surface area contributed by atoms with Crippen molar-refractivity contribution in [1.82, 2.24) is 10.0 Å². The van der Waals surface area contributed by atoms with Gasteiger partial charge >= 0.3 is 0 Å². The zero-order chi connectivity index (χ0) is 28.8. The zero-order valence-electron chi connectivity index (χ0n) is 23.0. The summed E-state index contributed by atoms with van der Waals surface area (Å²) in [6.07, 6.45) is 1.12. The van der Waals surface area contributed by atoms with Crippen molar-refractivity contribution in [3.63, 3.8) is 0 Å². The lowest BCUT2D eigenvalue weighted by molar-refractivity contribution is -0.126. The molecular weight excluding hydrogens is 522 g/mol. The first-order valence-electron chi connectivity index (χ1n) is 13.3. The van der Waals surface area contributed by atoms with Crippen LogP contribution in [0.1, 0.15) is 38.3 Å². The topological polar surface area (TPSA) is 104 Å². The molecule has 0 saturated heterocycles. The van der Waals surface area contributed by atoms with Crippen molar-refractivity contribution in [2.75, 3.05) is 5.32 Å². The average molecular weight is 558 g/mol. The molecule has 2 amide bonds. The fraction of sp³-hybridized carbons (Fsp3) is 0.250. The smallest absolute Gasteiger partial charge is 0.247 e. The van der Waals surface area contributed by atoms with Crippen molar-refractivity contribution in [2.24, 2.45) is 0 Å². The van der Waals surface area contributed by atoms with Crippen molar-refractivity contribution in [1.29, 1.82) is 0 Å². The van der Waals surface area contributed by atoms with Crippen LogP contribution in [0.25, 0.3) is 10.8 Å². The molecule has 0 radical (unpaired) electrons. The molecule has 7 nitrogen and oxygen atoms in total. The van der Waals surface area contributed by atoms with E-state index in [1.54, 1.807) is 57.2 Å². The first-order valence-corrected chi connectivity index (χ1v) is 14.7. The second kappa shape index (κ2) is 12.4. The average Bonchev–Trinajstić information content (AvgIpc) is 2.91. The van der Waals surface area contributed by atoms with Gasteiger partial charge < -0.3 is 10.6 Å². The molecule has 1 unspecified atom stereocenters. The summed E-state index contributed by atoms with van der Waals surface area (Å²) in [5.41, 5.74) is 1.76. The van der Waals surface area contributed by atoms with E-state index in [1.165, 1.54) is 0 Å². The Hall–Kier alpha value is -4.01. The van der Waals surface area contributed by atoms with Crippen LogP contribution in [0.15, 0.2) is 102 Å². The highest BCUT2D eigenvalue weighted by molar-refractivity contribution is 7.89. The van der Waals surface area contributed by atoms with Gasteiger partial charge in [-0.15, -0.1) is 0 Å². The van der Waals surface area contributed by atoms with Crippen LogP contribution in [0.3, 0.4) is 0 Å². The summed E-state index contributed by atoms with van der Waals surface area (Å²) in [6.45, 7) is 5.34. The lowest BCUT2D eigenvalue weighted by atomic mass is 10.0. The third-order valence-corrected chi connectivity index (χ3v) is 8.10. The molecular formula is C32H35N3O4S. The Balaban J connectivity index is 1.58. The van der Waals surface area contributed by atoms with Crippen LogP contribution in [0.5, 0.6) is 0 Å². The molecule has 1 atom stereocenters. The van der Waals surface area contributed by atoms with Crippen molar-refractivity contribution in [3.05, 3.63) is 108 Å². The Bertz CT molecular complexity index is 1580. The number of fused-ring (bicyclic) bond motifs is 1. The minimum absolute atomic E-state index is 0.131. The van der Waals surface area contributed by atoms with E-state index in [9.17, 15) is 18.0 Å². The minimum atomic E-state index is -3.81. The van der Waals surface area contributed by atoms with E-state index in [0.717, 1.165) is 11.1 Å². The molecule has 0 bridgehead atoms. The SMILES string of the molecule is CC(C)(C)NS(=O)(=O)c1cccc2c(NC(=O)C(Cc3ccccc3)NC(=O)CCc3ccccc3)cccc12. The van der Waals surface area contributed by atoms with Gasteiger partial charge in [0.05, 0.1) is 4.90 Å². The first-order chi connectivity index (χ1) is 19.0. The largest absolute Gasteiger partial charge is 0.344 e. The van der Waals surface area contributed by atoms with Crippen molar-refractivity contribution < 1.29 is 18.0 Å². The lowest BCUT2D eigenvalue weighted by Gasteiger charge is -2.22. The van der Waals surface area contributed by atoms with Crippen molar-refractivity contribution in [3.8, 4) is 0 Å². The maximum Gasteiger partial charge on any atom is 0.247 e. The van der Waals surface area contributed by atoms with E-state index in [1.807, 2.05) is 60.7 Å². The highest BCUT2D eigenvalue weighted by atomic mass is 32.2. The van der Waals surface area contributed by atoms with Gasteiger partial charge in [-0.1, -0.05) is 84.9 Å². The molecule has 4 rings (SSSR count). The summed E-state index contributed by atoms with van der Waals surface area (Å²) in [7, 11) is -3.81. The zero-order valence-corrected chi connectivity index (χ0v) is 23.8. The Morgan fingerprint density at radius 2 is 1.35 bits per heavy atom. The van der Waals surface area contributed by atoms with Crippen LogP contribution in [0.4, 0.5) is 5.69 Å². The van der Waals surface area contributed by atoms with Gasteiger partial charge in [0, 0.05) is 34.8 Å². The highest BCUT2D eigenvalue weighted by Gasteiger charge is 2.25. The fourth-order valence-corrected chi connectivity index (χ4v) is 6.17. The van der Waals surface area contributed by atoms with E-state index in [-0.39, 0.29) is 23.1 Å².